The Labute approximate surface area is 133 Å². The Morgan fingerprint density at radius 1 is 1.22 bits per heavy atom. The van der Waals surface area contributed by atoms with Gasteiger partial charge >= 0.3 is 6.03 Å². The number of carbonyl (C=O) groups excluding carboxylic acids is 1. The number of nitrogens with zero attached hydrogens (tertiary/aromatic N) is 3. The maximum Gasteiger partial charge on any atom is 0.321 e. The van der Waals surface area contributed by atoms with Crippen molar-refractivity contribution in [2.45, 2.75) is 18.9 Å². The number of urea groups is 1. The molecule has 1 aliphatic rings. The van der Waals surface area contributed by atoms with Crippen LogP contribution in [0.3, 0.4) is 0 Å². The highest BCUT2D eigenvalue weighted by Gasteiger charge is 2.24. The summed E-state index contributed by atoms with van der Waals surface area (Å²) in [7, 11) is 0. The standard InChI is InChI=1S/C16H17FN4O2/c17-12-1-3-13(4-2-12)20-16(22)21-9-6-14(7-10-21)23-15-5-8-18-11-19-15/h1-5,8,11,14H,6-7,9-10H2,(H,20,22). The molecule has 0 aliphatic carbocycles. The van der Waals surface area contributed by atoms with Crippen molar-refractivity contribution in [2.24, 2.45) is 0 Å². The van der Waals surface area contributed by atoms with Gasteiger partial charge in [0.05, 0.1) is 0 Å². The van der Waals surface area contributed by atoms with Gasteiger partial charge in [-0.05, 0) is 24.3 Å². The topological polar surface area (TPSA) is 67.4 Å². The van der Waals surface area contributed by atoms with Crippen molar-refractivity contribution in [2.75, 3.05) is 18.4 Å². The lowest BCUT2D eigenvalue weighted by molar-refractivity contribution is 0.111. The number of benzene rings is 1. The van der Waals surface area contributed by atoms with Crippen LogP contribution in [0.25, 0.3) is 0 Å². The second-order valence-corrected chi connectivity index (χ2v) is 5.29. The van der Waals surface area contributed by atoms with Gasteiger partial charge in [-0.2, -0.15) is 0 Å². The number of ether oxygens (including phenoxy) is 1. The van der Waals surface area contributed by atoms with Crippen LogP contribution in [0, 0.1) is 5.82 Å². The van der Waals surface area contributed by atoms with Crippen LogP contribution in [0.4, 0.5) is 14.9 Å². The van der Waals surface area contributed by atoms with Crippen LogP contribution in [0.5, 0.6) is 5.88 Å². The fourth-order valence-corrected chi connectivity index (χ4v) is 2.43. The van der Waals surface area contributed by atoms with E-state index in [1.165, 1.54) is 30.6 Å². The summed E-state index contributed by atoms with van der Waals surface area (Å²) in [6.07, 6.45) is 4.59. The molecule has 1 aliphatic heterocycles. The number of rotatable bonds is 3. The molecule has 0 saturated carbocycles. The van der Waals surface area contributed by atoms with Gasteiger partial charge in [-0.25, -0.2) is 19.2 Å². The predicted molar refractivity (Wildman–Crippen MR) is 82.7 cm³/mol. The second kappa shape index (κ2) is 7.04. The quantitative estimate of drug-likeness (QED) is 0.945. The first kappa shape index (κ1) is 15.2. The SMILES string of the molecule is O=C(Nc1ccc(F)cc1)N1CCC(Oc2ccncn2)CC1. The van der Waals surface area contributed by atoms with Crippen molar-refractivity contribution < 1.29 is 13.9 Å². The van der Waals surface area contributed by atoms with E-state index >= 15 is 0 Å². The first-order valence-corrected chi connectivity index (χ1v) is 7.45. The van der Waals surface area contributed by atoms with Gasteiger partial charge in [0, 0.05) is 43.9 Å². The zero-order valence-corrected chi connectivity index (χ0v) is 12.5. The molecule has 2 heterocycles. The molecule has 1 aromatic heterocycles. The number of nitrogens with one attached hydrogen (secondary N) is 1. The van der Waals surface area contributed by atoms with E-state index in [-0.39, 0.29) is 18.0 Å². The Morgan fingerprint density at radius 2 is 1.96 bits per heavy atom. The molecular weight excluding hydrogens is 299 g/mol. The molecule has 0 bridgehead atoms. The maximum atomic E-state index is 12.9. The van der Waals surface area contributed by atoms with E-state index in [1.54, 1.807) is 17.2 Å². The second-order valence-electron chi connectivity index (χ2n) is 5.29. The summed E-state index contributed by atoms with van der Waals surface area (Å²) in [6, 6.07) is 7.25. The molecule has 2 amide bonds. The Hall–Kier alpha value is -2.70. The number of piperidine rings is 1. The summed E-state index contributed by atoms with van der Waals surface area (Å²) >= 11 is 0. The van der Waals surface area contributed by atoms with Crippen molar-refractivity contribution in [1.29, 1.82) is 0 Å². The minimum absolute atomic E-state index is 0.0415. The zero-order chi connectivity index (χ0) is 16.1. The summed E-state index contributed by atoms with van der Waals surface area (Å²) < 4.78 is 18.6. The van der Waals surface area contributed by atoms with Crippen LogP contribution < -0.4 is 10.1 Å². The van der Waals surface area contributed by atoms with Gasteiger partial charge < -0.3 is 15.0 Å². The van der Waals surface area contributed by atoms with E-state index < -0.39 is 0 Å². The van der Waals surface area contributed by atoms with Crippen LogP contribution in [0.1, 0.15) is 12.8 Å². The Bertz CT molecular complexity index is 643. The number of carbonyl (C=O) groups is 1. The molecule has 6 nitrogen and oxygen atoms in total. The Morgan fingerprint density at radius 3 is 2.61 bits per heavy atom. The number of amides is 2. The van der Waals surface area contributed by atoms with E-state index in [2.05, 4.69) is 15.3 Å². The zero-order valence-electron chi connectivity index (χ0n) is 12.5. The van der Waals surface area contributed by atoms with Gasteiger partial charge in [0.1, 0.15) is 18.2 Å². The Kier molecular flexibility index (Phi) is 4.65. The molecule has 0 radical (unpaired) electrons. The van der Waals surface area contributed by atoms with Crippen molar-refractivity contribution in [1.82, 2.24) is 14.9 Å². The molecule has 0 spiro atoms. The van der Waals surface area contributed by atoms with Crippen molar-refractivity contribution in [3.8, 4) is 5.88 Å². The van der Waals surface area contributed by atoms with Crippen molar-refractivity contribution >= 4 is 11.7 Å². The number of hydrogen-bond donors (Lipinski definition) is 1. The number of likely N-dealkylation sites (tertiary alicyclic amines) is 1. The smallest absolute Gasteiger partial charge is 0.321 e. The highest BCUT2D eigenvalue weighted by molar-refractivity contribution is 5.89. The summed E-state index contributed by atoms with van der Waals surface area (Å²) in [4.78, 5) is 21.8. The average Bonchev–Trinajstić information content (AvgIpc) is 2.58. The lowest BCUT2D eigenvalue weighted by Gasteiger charge is -2.31. The van der Waals surface area contributed by atoms with Crippen molar-refractivity contribution in [3.05, 3.63) is 48.7 Å². The fraction of sp³-hybridized carbons (Fsp3) is 0.312. The highest BCUT2D eigenvalue weighted by Crippen LogP contribution is 2.17. The molecular formula is C16H17FN4O2. The molecule has 23 heavy (non-hydrogen) atoms. The minimum atomic E-state index is -0.328. The van der Waals surface area contributed by atoms with Crippen LogP contribution in [-0.4, -0.2) is 40.1 Å². The van der Waals surface area contributed by atoms with E-state index in [1.807, 2.05) is 0 Å². The lowest BCUT2D eigenvalue weighted by atomic mass is 10.1. The lowest BCUT2D eigenvalue weighted by Crippen LogP contribution is -2.43. The minimum Gasteiger partial charge on any atom is -0.474 e. The third-order valence-corrected chi connectivity index (χ3v) is 3.67. The van der Waals surface area contributed by atoms with Crippen LogP contribution >= 0.6 is 0 Å². The molecule has 1 aromatic carbocycles. The third kappa shape index (κ3) is 4.15. The van der Waals surface area contributed by atoms with Crippen LogP contribution in [0.2, 0.25) is 0 Å². The monoisotopic (exact) mass is 316 g/mol. The van der Waals surface area contributed by atoms with E-state index in [0.29, 0.717) is 24.7 Å². The third-order valence-electron chi connectivity index (χ3n) is 3.67. The molecule has 1 saturated heterocycles. The van der Waals surface area contributed by atoms with Crippen LogP contribution in [-0.2, 0) is 0 Å². The molecule has 0 unspecified atom stereocenters. The number of halogens is 1. The summed E-state index contributed by atoms with van der Waals surface area (Å²) in [5.74, 6) is 0.222. The molecule has 7 heteroatoms. The maximum absolute atomic E-state index is 12.9. The van der Waals surface area contributed by atoms with Gasteiger partial charge in [-0.3, -0.25) is 0 Å². The first-order chi connectivity index (χ1) is 11.2. The van der Waals surface area contributed by atoms with Crippen molar-refractivity contribution in [3.63, 3.8) is 0 Å². The summed E-state index contributed by atoms with van der Waals surface area (Å²) in [5.41, 5.74) is 0.579. The first-order valence-electron chi connectivity index (χ1n) is 7.45. The van der Waals surface area contributed by atoms with Crippen LogP contribution in [0.15, 0.2) is 42.9 Å². The molecule has 2 aromatic rings. The van der Waals surface area contributed by atoms with E-state index in [0.717, 1.165) is 12.8 Å². The summed E-state index contributed by atoms with van der Waals surface area (Å²) in [5, 5.41) is 2.76. The average molecular weight is 316 g/mol. The molecule has 0 atom stereocenters. The molecule has 120 valence electrons. The normalized spacial score (nSPS) is 15.3. The largest absolute Gasteiger partial charge is 0.474 e. The van der Waals surface area contributed by atoms with Gasteiger partial charge in [0.15, 0.2) is 0 Å². The predicted octanol–water partition coefficient (Wildman–Crippen LogP) is 2.69. The Balaban J connectivity index is 1.48. The number of hydrogen-bond acceptors (Lipinski definition) is 4. The summed E-state index contributed by atoms with van der Waals surface area (Å²) in [6.45, 7) is 1.20. The van der Waals surface area contributed by atoms with E-state index in [9.17, 15) is 9.18 Å². The van der Waals surface area contributed by atoms with Gasteiger partial charge in [-0.15, -0.1) is 0 Å². The molecule has 3 rings (SSSR count). The van der Waals surface area contributed by atoms with Gasteiger partial charge in [0.25, 0.3) is 0 Å². The van der Waals surface area contributed by atoms with E-state index in [4.69, 9.17) is 4.74 Å². The van der Waals surface area contributed by atoms with Gasteiger partial charge in [0.2, 0.25) is 5.88 Å². The number of anilines is 1. The fourth-order valence-electron chi connectivity index (χ4n) is 2.43. The highest BCUT2D eigenvalue weighted by atomic mass is 19.1. The molecule has 1 N–H and O–H groups in total. The van der Waals surface area contributed by atoms with Gasteiger partial charge in [-0.1, -0.05) is 0 Å². The molecule has 1 fully saturated rings. The number of aromatic nitrogens is 2.